The molecule has 2 aliphatic rings. The molecule has 2 amide bonds. The van der Waals surface area contributed by atoms with Gasteiger partial charge in [0, 0.05) is 36.9 Å². The Morgan fingerprint density at radius 1 is 1.14 bits per heavy atom. The summed E-state index contributed by atoms with van der Waals surface area (Å²) in [7, 11) is 0. The van der Waals surface area contributed by atoms with Gasteiger partial charge in [0.05, 0.1) is 29.8 Å². The number of benzene rings is 2. The molecule has 190 valence electrons. The first-order chi connectivity index (χ1) is 17.3. The van der Waals surface area contributed by atoms with Crippen molar-refractivity contribution >= 4 is 28.7 Å². The summed E-state index contributed by atoms with van der Waals surface area (Å²) in [5.41, 5.74) is 1.18. The SMILES string of the molecule is O=C(/N=c1\[nH]c2cc(N3CCCOC3=O)ccc2n1CC1CCCOC1)c1cccc(C(F)(F)F)c1. The number of aromatic nitrogens is 2. The minimum Gasteiger partial charge on any atom is -0.449 e. The molecule has 2 saturated heterocycles. The third-order valence-electron chi connectivity index (χ3n) is 6.40. The molecule has 0 spiro atoms. The maximum Gasteiger partial charge on any atom is 0.416 e. The molecule has 1 aromatic heterocycles. The van der Waals surface area contributed by atoms with Gasteiger partial charge < -0.3 is 19.0 Å². The Bertz CT molecular complexity index is 1360. The highest BCUT2D eigenvalue weighted by molar-refractivity contribution is 5.95. The van der Waals surface area contributed by atoms with Crippen LogP contribution in [0.4, 0.5) is 23.7 Å². The van der Waals surface area contributed by atoms with Crippen LogP contribution in [0.15, 0.2) is 47.5 Å². The Morgan fingerprint density at radius 2 is 2.00 bits per heavy atom. The highest BCUT2D eigenvalue weighted by Crippen LogP contribution is 2.30. The first-order valence-corrected chi connectivity index (χ1v) is 11.8. The summed E-state index contributed by atoms with van der Waals surface area (Å²) >= 11 is 0. The predicted octanol–water partition coefficient (Wildman–Crippen LogP) is 4.50. The lowest BCUT2D eigenvalue weighted by atomic mass is 10.0. The second kappa shape index (κ2) is 9.81. The van der Waals surface area contributed by atoms with Crippen LogP contribution >= 0.6 is 0 Å². The van der Waals surface area contributed by atoms with E-state index in [0.717, 1.165) is 30.5 Å². The molecule has 1 N–H and O–H groups in total. The minimum absolute atomic E-state index is 0.159. The number of anilines is 1. The van der Waals surface area contributed by atoms with Crippen LogP contribution < -0.4 is 10.5 Å². The molecule has 5 rings (SSSR count). The van der Waals surface area contributed by atoms with E-state index < -0.39 is 23.7 Å². The Kier molecular flexibility index (Phi) is 6.57. The number of rotatable bonds is 4. The number of alkyl halides is 3. The molecule has 0 bridgehead atoms. The molecule has 2 aliphatic heterocycles. The van der Waals surface area contributed by atoms with E-state index in [4.69, 9.17) is 9.47 Å². The Labute approximate surface area is 204 Å². The van der Waals surface area contributed by atoms with Crippen LogP contribution in [-0.2, 0) is 22.2 Å². The monoisotopic (exact) mass is 502 g/mol. The Hall–Kier alpha value is -3.60. The average molecular weight is 502 g/mol. The minimum atomic E-state index is -4.57. The van der Waals surface area contributed by atoms with Gasteiger partial charge in [0.15, 0.2) is 0 Å². The topological polar surface area (TPSA) is 88.9 Å². The van der Waals surface area contributed by atoms with Crippen molar-refractivity contribution < 1.29 is 32.2 Å². The van der Waals surface area contributed by atoms with Crippen molar-refractivity contribution in [3.8, 4) is 0 Å². The first kappa shape index (κ1) is 24.1. The van der Waals surface area contributed by atoms with Crippen molar-refractivity contribution in [2.24, 2.45) is 10.9 Å². The first-order valence-electron chi connectivity index (χ1n) is 11.8. The van der Waals surface area contributed by atoms with E-state index >= 15 is 0 Å². The van der Waals surface area contributed by atoms with E-state index in [1.54, 1.807) is 12.1 Å². The molecule has 2 aromatic carbocycles. The molecule has 1 unspecified atom stereocenters. The van der Waals surface area contributed by atoms with Crippen LogP contribution in [-0.4, -0.2) is 47.9 Å². The van der Waals surface area contributed by atoms with Crippen molar-refractivity contribution in [3.05, 3.63) is 59.2 Å². The maximum atomic E-state index is 13.1. The summed E-state index contributed by atoms with van der Waals surface area (Å²) in [6.45, 7) is 2.69. The normalized spacial score (nSPS) is 19.5. The second-order valence-electron chi connectivity index (χ2n) is 8.96. The number of imidazole rings is 1. The highest BCUT2D eigenvalue weighted by atomic mass is 19.4. The number of aromatic amines is 1. The molecular weight excluding hydrogens is 477 g/mol. The highest BCUT2D eigenvalue weighted by Gasteiger charge is 2.31. The molecule has 36 heavy (non-hydrogen) atoms. The van der Waals surface area contributed by atoms with E-state index in [0.29, 0.717) is 50.5 Å². The summed E-state index contributed by atoms with van der Waals surface area (Å²) in [6.07, 6.45) is -2.42. The zero-order chi connectivity index (χ0) is 25.3. The molecule has 0 aliphatic carbocycles. The Balaban J connectivity index is 1.56. The van der Waals surface area contributed by atoms with Crippen molar-refractivity contribution in [2.75, 3.05) is 31.3 Å². The van der Waals surface area contributed by atoms with E-state index in [2.05, 4.69) is 9.98 Å². The fourth-order valence-corrected chi connectivity index (χ4v) is 4.59. The third-order valence-corrected chi connectivity index (χ3v) is 6.40. The van der Waals surface area contributed by atoms with E-state index in [1.165, 1.54) is 17.0 Å². The molecule has 3 aromatic rings. The molecule has 2 fully saturated rings. The fraction of sp³-hybridized carbons (Fsp3) is 0.400. The number of carbonyl (C=O) groups excluding carboxylic acids is 2. The van der Waals surface area contributed by atoms with Crippen LogP contribution in [0.5, 0.6) is 0 Å². The fourth-order valence-electron chi connectivity index (χ4n) is 4.59. The number of hydrogen-bond donors (Lipinski definition) is 1. The summed E-state index contributed by atoms with van der Waals surface area (Å²) in [5, 5.41) is 0. The van der Waals surface area contributed by atoms with Gasteiger partial charge in [-0.3, -0.25) is 9.69 Å². The lowest BCUT2D eigenvalue weighted by Gasteiger charge is -2.26. The molecular formula is C25H25F3N4O4. The van der Waals surface area contributed by atoms with Gasteiger partial charge in [-0.15, -0.1) is 0 Å². The number of ether oxygens (including phenoxy) is 2. The molecule has 0 saturated carbocycles. The summed E-state index contributed by atoms with van der Waals surface area (Å²) in [5.74, 6) is -0.599. The second-order valence-corrected chi connectivity index (χ2v) is 8.96. The number of hydrogen-bond acceptors (Lipinski definition) is 4. The molecule has 3 heterocycles. The molecule has 0 radical (unpaired) electrons. The summed E-state index contributed by atoms with van der Waals surface area (Å²) in [4.78, 5) is 33.9. The van der Waals surface area contributed by atoms with Gasteiger partial charge in [-0.1, -0.05) is 6.07 Å². The molecule has 1 atom stereocenters. The van der Waals surface area contributed by atoms with Gasteiger partial charge in [0.25, 0.3) is 5.91 Å². The number of nitrogens with zero attached hydrogens (tertiary/aromatic N) is 3. The van der Waals surface area contributed by atoms with Crippen molar-refractivity contribution in [2.45, 2.75) is 32.0 Å². The van der Waals surface area contributed by atoms with Crippen LogP contribution in [0.25, 0.3) is 11.0 Å². The van der Waals surface area contributed by atoms with Crippen LogP contribution in [0.3, 0.4) is 0 Å². The summed E-state index contributed by atoms with van der Waals surface area (Å²) in [6, 6.07) is 9.63. The lowest BCUT2D eigenvalue weighted by Crippen LogP contribution is -2.37. The van der Waals surface area contributed by atoms with Crippen molar-refractivity contribution in [1.29, 1.82) is 0 Å². The lowest BCUT2D eigenvalue weighted by molar-refractivity contribution is -0.137. The van der Waals surface area contributed by atoms with Gasteiger partial charge in [-0.05, 0) is 55.7 Å². The summed E-state index contributed by atoms with van der Waals surface area (Å²) < 4.78 is 52.0. The number of fused-ring (bicyclic) bond motifs is 1. The number of cyclic esters (lactones) is 1. The van der Waals surface area contributed by atoms with Gasteiger partial charge in [-0.2, -0.15) is 18.2 Å². The number of amides is 2. The van der Waals surface area contributed by atoms with E-state index in [1.807, 2.05) is 10.6 Å². The molecule has 8 nitrogen and oxygen atoms in total. The van der Waals surface area contributed by atoms with Crippen molar-refractivity contribution in [3.63, 3.8) is 0 Å². The standard InChI is InChI=1S/C25H25F3N4O4/c26-25(27,28)18-6-1-5-17(12-18)22(33)30-23-29-20-13-19(31-9-3-11-36-24(31)34)7-8-21(20)32(23)14-16-4-2-10-35-15-16/h1,5-8,12-13,16H,2-4,9-11,14-15H2,(H,29,30,33). The third kappa shape index (κ3) is 5.01. The van der Waals surface area contributed by atoms with Gasteiger partial charge in [0.1, 0.15) is 0 Å². The van der Waals surface area contributed by atoms with Gasteiger partial charge in [0.2, 0.25) is 5.62 Å². The zero-order valence-corrected chi connectivity index (χ0v) is 19.4. The largest absolute Gasteiger partial charge is 0.449 e. The number of carbonyl (C=O) groups is 2. The quantitative estimate of drug-likeness (QED) is 0.569. The Morgan fingerprint density at radius 3 is 2.75 bits per heavy atom. The van der Waals surface area contributed by atoms with Crippen LogP contribution in [0, 0.1) is 5.92 Å². The van der Waals surface area contributed by atoms with E-state index in [9.17, 15) is 22.8 Å². The number of nitrogens with one attached hydrogen (secondary N) is 1. The van der Waals surface area contributed by atoms with Crippen molar-refractivity contribution in [1.82, 2.24) is 9.55 Å². The van der Waals surface area contributed by atoms with Crippen LogP contribution in [0.1, 0.15) is 35.2 Å². The van der Waals surface area contributed by atoms with Crippen LogP contribution in [0.2, 0.25) is 0 Å². The maximum absolute atomic E-state index is 13.1. The van der Waals surface area contributed by atoms with Gasteiger partial charge >= 0.3 is 12.3 Å². The van der Waals surface area contributed by atoms with E-state index in [-0.39, 0.29) is 17.1 Å². The number of H-pyrrole nitrogens is 1. The molecule has 11 heteroatoms. The predicted molar refractivity (Wildman–Crippen MR) is 124 cm³/mol. The number of halogens is 3. The van der Waals surface area contributed by atoms with Gasteiger partial charge in [-0.25, -0.2) is 4.79 Å². The smallest absolute Gasteiger partial charge is 0.416 e. The average Bonchev–Trinajstić information content (AvgIpc) is 3.20. The zero-order valence-electron chi connectivity index (χ0n) is 19.4.